The number of anilines is 2. The number of alkyl halides is 3. The lowest BCUT2D eigenvalue weighted by Crippen LogP contribution is -2.35. The molecule has 1 amide bonds. The Morgan fingerprint density at radius 3 is 2.39 bits per heavy atom. The zero-order chi connectivity index (χ0) is 18.0. The van der Waals surface area contributed by atoms with Gasteiger partial charge < -0.3 is 15.8 Å². The molecule has 0 saturated carbocycles. The van der Waals surface area contributed by atoms with E-state index in [1.54, 1.807) is 20.8 Å². The molecule has 0 fully saturated rings. The maximum absolute atomic E-state index is 12.9. The minimum atomic E-state index is -4.61. The van der Waals surface area contributed by atoms with Gasteiger partial charge in [0.05, 0.1) is 11.3 Å². The topological polar surface area (TPSA) is 80.5 Å². The van der Waals surface area contributed by atoms with Crippen LogP contribution in [0.2, 0.25) is 0 Å². The van der Waals surface area contributed by atoms with Gasteiger partial charge in [0.1, 0.15) is 5.60 Å². The third kappa shape index (κ3) is 5.55. The Labute approximate surface area is 136 Å². The lowest BCUT2D eigenvalue weighted by molar-refractivity contribution is -0.137. The number of thiocarbonyl (C=S) groups is 1. The van der Waals surface area contributed by atoms with E-state index >= 15 is 0 Å². The molecule has 0 bridgehead atoms. The molecule has 6 nitrogen and oxygen atoms in total. The van der Waals surface area contributed by atoms with Gasteiger partial charge in [-0.15, -0.1) is 0 Å². The van der Waals surface area contributed by atoms with Crippen LogP contribution in [-0.4, -0.2) is 28.8 Å². The summed E-state index contributed by atoms with van der Waals surface area (Å²) >= 11 is 4.65. The van der Waals surface area contributed by atoms with Crippen LogP contribution in [0.15, 0.2) is 12.3 Å². The van der Waals surface area contributed by atoms with E-state index in [1.165, 1.54) is 7.05 Å². The number of pyridine rings is 1. The summed E-state index contributed by atoms with van der Waals surface area (Å²) in [4.78, 5) is 16.6. The molecular weight excluding hydrogens is 333 g/mol. The van der Waals surface area contributed by atoms with Crippen LogP contribution in [0.3, 0.4) is 0 Å². The molecule has 3 N–H and O–H groups in total. The third-order valence-electron chi connectivity index (χ3n) is 2.47. The van der Waals surface area contributed by atoms with Crippen LogP contribution in [0.4, 0.5) is 29.5 Å². The molecule has 0 aliphatic heterocycles. The first-order chi connectivity index (χ1) is 10.3. The van der Waals surface area contributed by atoms with Gasteiger partial charge >= 0.3 is 12.3 Å². The highest BCUT2D eigenvalue weighted by molar-refractivity contribution is 7.80. The Morgan fingerprint density at radius 2 is 1.96 bits per heavy atom. The number of ether oxygens (including phenoxy) is 1. The average Bonchev–Trinajstić information content (AvgIpc) is 2.34. The molecule has 1 rings (SSSR count). The van der Waals surface area contributed by atoms with E-state index < -0.39 is 23.4 Å². The smallest absolute Gasteiger partial charge is 0.417 e. The Balaban J connectivity index is 3.28. The summed E-state index contributed by atoms with van der Waals surface area (Å²) in [5, 5.41) is 2.23. The second-order valence-corrected chi connectivity index (χ2v) is 6.06. The van der Waals surface area contributed by atoms with Crippen LogP contribution in [0.1, 0.15) is 26.3 Å². The van der Waals surface area contributed by atoms with Gasteiger partial charge in [0.15, 0.2) is 10.9 Å². The molecule has 0 aliphatic rings. The van der Waals surface area contributed by atoms with Crippen molar-refractivity contribution in [3.8, 4) is 0 Å². The predicted octanol–water partition coefficient (Wildman–Crippen LogP) is 3.13. The fourth-order valence-corrected chi connectivity index (χ4v) is 1.60. The molecule has 23 heavy (non-hydrogen) atoms. The Hall–Kier alpha value is -2.10. The molecular formula is C13H17F3N4O2S. The molecule has 0 aromatic carbocycles. The van der Waals surface area contributed by atoms with Crippen molar-refractivity contribution in [1.82, 2.24) is 4.98 Å². The molecule has 0 atom stereocenters. The molecule has 0 unspecified atom stereocenters. The number of nitrogens with two attached hydrogens (primary N) is 1. The van der Waals surface area contributed by atoms with E-state index in [0.29, 0.717) is 6.20 Å². The molecule has 0 spiro atoms. The molecule has 10 heteroatoms. The highest BCUT2D eigenvalue weighted by Gasteiger charge is 2.33. The van der Waals surface area contributed by atoms with Crippen LogP contribution in [0.25, 0.3) is 0 Å². The van der Waals surface area contributed by atoms with Crippen molar-refractivity contribution in [3.05, 3.63) is 17.8 Å². The Kier molecular flexibility index (Phi) is 5.41. The molecule has 1 aromatic heterocycles. The van der Waals surface area contributed by atoms with Gasteiger partial charge in [-0.1, -0.05) is 0 Å². The normalized spacial score (nSPS) is 11.8. The van der Waals surface area contributed by atoms with Gasteiger partial charge in [0.2, 0.25) is 0 Å². The predicted molar refractivity (Wildman–Crippen MR) is 84.3 cm³/mol. The van der Waals surface area contributed by atoms with E-state index in [-0.39, 0.29) is 16.6 Å². The monoisotopic (exact) mass is 350 g/mol. The summed E-state index contributed by atoms with van der Waals surface area (Å²) in [6.07, 6.45) is -4.84. The standard InChI is InChI=1S/C13H17F3N4O2S/c1-12(2,3)22-11(21)20(4)8-5-7(13(14,15)16)6-18-9(8)19-10(17)23/h5-6H,1-4H3,(H3,17,18,19,23). The Bertz CT molecular complexity index is 614. The number of rotatable bonds is 2. The van der Waals surface area contributed by atoms with Gasteiger partial charge in [0.25, 0.3) is 0 Å². The number of hydrogen-bond donors (Lipinski definition) is 2. The summed E-state index contributed by atoms with van der Waals surface area (Å²) in [5.74, 6) is -0.0844. The lowest BCUT2D eigenvalue weighted by Gasteiger charge is -2.26. The summed E-state index contributed by atoms with van der Waals surface area (Å²) < 4.78 is 43.7. The number of carbonyl (C=O) groups is 1. The van der Waals surface area contributed by atoms with Crippen LogP contribution in [-0.2, 0) is 10.9 Å². The van der Waals surface area contributed by atoms with Crippen LogP contribution < -0.4 is 16.0 Å². The lowest BCUT2D eigenvalue weighted by atomic mass is 10.2. The first-order valence-electron chi connectivity index (χ1n) is 6.41. The van der Waals surface area contributed by atoms with Gasteiger partial charge in [-0.25, -0.2) is 9.78 Å². The van der Waals surface area contributed by atoms with Crippen molar-refractivity contribution in [3.63, 3.8) is 0 Å². The number of nitrogens with zero attached hydrogens (tertiary/aromatic N) is 2. The maximum Gasteiger partial charge on any atom is 0.417 e. The fourth-order valence-electron chi connectivity index (χ4n) is 1.51. The SMILES string of the molecule is CN(C(=O)OC(C)(C)C)c1cc(C(F)(F)F)cnc1NC(N)=S. The first kappa shape index (κ1) is 18.9. The number of carbonyl (C=O) groups excluding carboxylic acids is 1. The largest absolute Gasteiger partial charge is 0.443 e. The van der Waals surface area contributed by atoms with Gasteiger partial charge in [-0.2, -0.15) is 13.2 Å². The summed E-state index contributed by atoms with van der Waals surface area (Å²) in [6.45, 7) is 4.91. The van der Waals surface area contributed by atoms with Crippen molar-refractivity contribution in [2.45, 2.75) is 32.5 Å². The van der Waals surface area contributed by atoms with Crippen molar-refractivity contribution in [2.24, 2.45) is 5.73 Å². The van der Waals surface area contributed by atoms with Crippen LogP contribution >= 0.6 is 12.2 Å². The number of nitrogens with one attached hydrogen (secondary N) is 1. The van der Waals surface area contributed by atoms with Crippen molar-refractivity contribution < 1.29 is 22.7 Å². The first-order valence-corrected chi connectivity index (χ1v) is 6.82. The van der Waals surface area contributed by atoms with Crippen molar-refractivity contribution in [2.75, 3.05) is 17.3 Å². The van der Waals surface area contributed by atoms with E-state index in [4.69, 9.17) is 10.5 Å². The molecule has 0 radical (unpaired) electrons. The summed E-state index contributed by atoms with van der Waals surface area (Å²) in [7, 11) is 1.26. The minimum absolute atomic E-state index is 0.0844. The molecule has 1 aromatic rings. The van der Waals surface area contributed by atoms with Gasteiger partial charge in [0, 0.05) is 13.2 Å². The fraction of sp³-hybridized carbons (Fsp3) is 0.462. The average molecular weight is 350 g/mol. The molecule has 0 aliphatic carbocycles. The number of aromatic nitrogens is 1. The van der Waals surface area contributed by atoms with E-state index in [9.17, 15) is 18.0 Å². The third-order valence-corrected chi connectivity index (χ3v) is 2.57. The summed E-state index contributed by atoms with van der Waals surface area (Å²) in [5.41, 5.74) is 3.33. The highest BCUT2D eigenvalue weighted by Crippen LogP contribution is 2.34. The minimum Gasteiger partial charge on any atom is -0.443 e. The molecule has 1 heterocycles. The second-order valence-electron chi connectivity index (χ2n) is 5.62. The second kappa shape index (κ2) is 6.57. The quantitative estimate of drug-likeness (QED) is 0.798. The van der Waals surface area contributed by atoms with E-state index in [0.717, 1.165) is 11.0 Å². The van der Waals surface area contributed by atoms with E-state index in [2.05, 4.69) is 22.5 Å². The van der Waals surface area contributed by atoms with E-state index in [1.807, 2.05) is 0 Å². The van der Waals surface area contributed by atoms with Gasteiger partial charge in [-0.05, 0) is 39.1 Å². The van der Waals surface area contributed by atoms with Crippen LogP contribution in [0, 0.1) is 0 Å². The highest BCUT2D eigenvalue weighted by atomic mass is 32.1. The number of halogens is 3. The zero-order valence-corrected chi connectivity index (χ0v) is 13.8. The number of hydrogen-bond acceptors (Lipinski definition) is 4. The molecule has 0 saturated heterocycles. The van der Waals surface area contributed by atoms with Crippen molar-refractivity contribution >= 4 is 34.9 Å². The number of amides is 1. The maximum atomic E-state index is 12.9. The zero-order valence-electron chi connectivity index (χ0n) is 13.0. The van der Waals surface area contributed by atoms with Crippen LogP contribution in [0.5, 0.6) is 0 Å². The van der Waals surface area contributed by atoms with Gasteiger partial charge in [-0.3, -0.25) is 4.90 Å². The van der Waals surface area contributed by atoms with Crippen molar-refractivity contribution in [1.29, 1.82) is 0 Å². The summed E-state index contributed by atoms with van der Waals surface area (Å²) in [6, 6.07) is 0.761. The Morgan fingerprint density at radius 1 is 1.39 bits per heavy atom. The molecule has 128 valence electrons.